The lowest BCUT2D eigenvalue weighted by atomic mass is 10.4. The highest BCUT2D eigenvalue weighted by Gasteiger charge is 2.37. The van der Waals surface area contributed by atoms with Crippen molar-refractivity contribution >= 4 is 47.1 Å². The highest BCUT2D eigenvalue weighted by atomic mass is 79.9. The zero-order chi connectivity index (χ0) is 13.6. The van der Waals surface area contributed by atoms with Crippen molar-refractivity contribution < 1.29 is 16.8 Å². The van der Waals surface area contributed by atoms with E-state index in [4.69, 9.17) is 0 Å². The lowest BCUT2D eigenvalue weighted by molar-refractivity contribution is 0.478. The second-order valence-electron chi connectivity index (χ2n) is 4.16. The average molecular weight is 374 g/mol. The molecule has 0 unspecified atom stereocenters. The Balaban J connectivity index is 2.24. The molecule has 0 aromatic carbocycles. The molecule has 0 saturated carbocycles. The van der Waals surface area contributed by atoms with E-state index in [9.17, 15) is 16.8 Å². The van der Waals surface area contributed by atoms with Crippen molar-refractivity contribution in [1.82, 2.24) is 4.31 Å². The quantitative estimate of drug-likeness (QED) is 0.800. The molecule has 2 rings (SSSR count). The number of thiophene rings is 1. The van der Waals surface area contributed by atoms with Crippen LogP contribution < -0.4 is 0 Å². The minimum absolute atomic E-state index is 0.0523. The van der Waals surface area contributed by atoms with E-state index in [0.717, 1.165) is 21.4 Å². The van der Waals surface area contributed by atoms with Gasteiger partial charge in [0, 0.05) is 19.3 Å². The molecule has 0 amide bonds. The fourth-order valence-corrected chi connectivity index (χ4v) is 6.57. The van der Waals surface area contributed by atoms with E-state index in [1.807, 2.05) is 0 Å². The molecule has 1 aromatic rings. The Kier molecular flexibility index (Phi) is 3.90. The molecule has 0 aliphatic carbocycles. The van der Waals surface area contributed by atoms with Crippen LogP contribution >= 0.6 is 27.3 Å². The number of rotatable bonds is 3. The average Bonchev–Trinajstić information content (AvgIpc) is 2.83. The lowest BCUT2D eigenvalue weighted by Gasteiger charge is -2.14. The SMILES string of the molecule is CS(=O)(=O)[C@H]1CCN(S(=O)(=O)c2ccc(Br)s2)C1. The molecular formula is C9H12BrNO4S3. The van der Waals surface area contributed by atoms with Crippen molar-refractivity contribution in [2.45, 2.75) is 15.9 Å². The van der Waals surface area contributed by atoms with Gasteiger partial charge in [0.15, 0.2) is 9.84 Å². The second kappa shape index (κ2) is 4.86. The number of sulfone groups is 1. The summed E-state index contributed by atoms with van der Waals surface area (Å²) < 4.78 is 49.5. The summed E-state index contributed by atoms with van der Waals surface area (Å²) in [6.45, 7) is 0.312. The number of sulfonamides is 1. The Labute approximate surface area is 119 Å². The molecule has 1 fully saturated rings. The summed E-state index contributed by atoms with van der Waals surface area (Å²) in [4.78, 5) is 0. The maximum Gasteiger partial charge on any atom is 0.252 e. The maximum absolute atomic E-state index is 12.2. The predicted molar refractivity (Wildman–Crippen MR) is 74.0 cm³/mol. The lowest BCUT2D eigenvalue weighted by Crippen LogP contribution is -2.31. The van der Waals surface area contributed by atoms with Crippen LogP contribution in [0.15, 0.2) is 20.1 Å². The van der Waals surface area contributed by atoms with E-state index in [-0.39, 0.29) is 17.3 Å². The summed E-state index contributed by atoms with van der Waals surface area (Å²) in [5, 5.41) is -0.587. The standard InChI is InChI=1S/C9H12BrNO4S3/c1-17(12,13)7-4-5-11(6-7)18(14,15)9-3-2-8(10)16-9/h2-3,7H,4-6H2,1H3/t7-/m0/s1. The molecule has 1 aromatic heterocycles. The van der Waals surface area contributed by atoms with Gasteiger partial charge in [-0.25, -0.2) is 16.8 Å². The van der Waals surface area contributed by atoms with E-state index < -0.39 is 25.1 Å². The van der Waals surface area contributed by atoms with Crippen molar-refractivity contribution in [3.05, 3.63) is 15.9 Å². The number of nitrogens with zero attached hydrogens (tertiary/aromatic N) is 1. The van der Waals surface area contributed by atoms with Gasteiger partial charge in [-0.1, -0.05) is 0 Å². The van der Waals surface area contributed by atoms with E-state index in [2.05, 4.69) is 15.9 Å². The van der Waals surface area contributed by atoms with Crippen LogP contribution in [0, 0.1) is 0 Å². The van der Waals surface area contributed by atoms with Crippen molar-refractivity contribution in [3.63, 3.8) is 0 Å². The van der Waals surface area contributed by atoms with Gasteiger partial charge >= 0.3 is 0 Å². The van der Waals surface area contributed by atoms with E-state index in [1.165, 1.54) is 10.4 Å². The first-order valence-corrected chi connectivity index (χ1v) is 10.2. The summed E-state index contributed by atoms with van der Waals surface area (Å²) in [5.74, 6) is 0. The third-order valence-corrected chi connectivity index (χ3v) is 8.41. The van der Waals surface area contributed by atoms with Gasteiger partial charge < -0.3 is 0 Å². The number of hydrogen-bond donors (Lipinski definition) is 0. The van der Waals surface area contributed by atoms with Gasteiger partial charge in [0.25, 0.3) is 10.0 Å². The highest BCUT2D eigenvalue weighted by molar-refractivity contribution is 9.11. The van der Waals surface area contributed by atoms with Crippen molar-refractivity contribution in [2.75, 3.05) is 19.3 Å². The Morgan fingerprint density at radius 2 is 2.00 bits per heavy atom. The minimum Gasteiger partial charge on any atom is -0.229 e. The molecule has 1 saturated heterocycles. The normalized spacial score (nSPS) is 22.4. The van der Waals surface area contributed by atoms with Crippen LogP contribution in [-0.4, -0.2) is 45.7 Å². The van der Waals surface area contributed by atoms with Crippen molar-refractivity contribution in [2.24, 2.45) is 0 Å². The van der Waals surface area contributed by atoms with Gasteiger partial charge in [0.1, 0.15) is 4.21 Å². The first kappa shape index (κ1) is 14.4. The van der Waals surface area contributed by atoms with Gasteiger partial charge in [0.05, 0.1) is 9.04 Å². The molecule has 1 atom stereocenters. The molecule has 1 aliphatic rings. The Bertz CT molecular complexity index is 649. The van der Waals surface area contributed by atoms with Gasteiger partial charge in [-0.15, -0.1) is 11.3 Å². The smallest absolute Gasteiger partial charge is 0.229 e. The maximum atomic E-state index is 12.2. The molecule has 2 heterocycles. The number of hydrogen-bond acceptors (Lipinski definition) is 5. The number of halogens is 1. The van der Waals surface area contributed by atoms with Gasteiger partial charge in [-0.2, -0.15) is 4.31 Å². The van der Waals surface area contributed by atoms with Gasteiger partial charge in [0.2, 0.25) is 0 Å². The van der Waals surface area contributed by atoms with Crippen LogP contribution in [0.4, 0.5) is 0 Å². The highest BCUT2D eigenvalue weighted by Crippen LogP contribution is 2.30. The summed E-state index contributed by atoms with van der Waals surface area (Å²) in [5.41, 5.74) is 0. The summed E-state index contributed by atoms with van der Waals surface area (Å²) in [6, 6.07) is 3.19. The monoisotopic (exact) mass is 373 g/mol. The topological polar surface area (TPSA) is 71.5 Å². The van der Waals surface area contributed by atoms with Gasteiger partial charge in [-0.3, -0.25) is 0 Å². The molecule has 102 valence electrons. The van der Waals surface area contributed by atoms with Crippen molar-refractivity contribution in [1.29, 1.82) is 0 Å². The molecule has 0 bridgehead atoms. The van der Waals surface area contributed by atoms with E-state index in [1.54, 1.807) is 6.07 Å². The molecular weight excluding hydrogens is 362 g/mol. The predicted octanol–water partition coefficient (Wildman–Crippen LogP) is 1.32. The Morgan fingerprint density at radius 3 is 2.44 bits per heavy atom. The third-order valence-electron chi connectivity index (χ3n) is 2.86. The largest absolute Gasteiger partial charge is 0.252 e. The zero-order valence-corrected chi connectivity index (χ0v) is 13.6. The van der Waals surface area contributed by atoms with Crippen LogP contribution in [0.3, 0.4) is 0 Å². The third kappa shape index (κ3) is 2.79. The minimum atomic E-state index is -3.55. The molecule has 5 nitrogen and oxygen atoms in total. The molecule has 9 heteroatoms. The molecule has 1 aliphatic heterocycles. The Hall–Kier alpha value is 0.0400. The van der Waals surface area contributed by atoms with Crippen LogP contribution in [0.25, 0.3) is 0 Å². The van der Waals surface area contributed by atoms with Crippen molar-refractivity contribution in [3.8, 4) is 0 Å². The Morgan fingerprint density at radius 1 is 1.33 bits per heavy atom. The van der Waals surface area contributed by atoms with Crippen LogP contribution in [0.1, 0.15) is 6.42 Å². The fraction of sp³-hybridized carbons (Fsp3) is 0.556. The summed E-state index contributed by atoms with van der Waals surface area (Å²) >= 11 is 4.34. The first-order valence-electron chi connectivity index (χ1n) is 5.15. The molecule has 0 N–H and O–H groups in total. The second-order valence-corrected chi connectivity index (χ2v) is 11.1. The molecule has 0 spiro atoms. The van der Waals surface area contributed by atoms with Crippen LogP contribution in [-0.2, 0) is 19.9 Å². The first-order chi connectivity index (χ1) is 8.21. The van der Waals surface area contributed by atoms with E-state index >= 15 is 0 Å². The molecule has 0 radical (unpaired) electrons. The summed E-state index contributed by atoms with van der Waals surface area (Å²) in [7, 11) is -6.74. The fourth-order valence-electron chi connectivity index (χ4n) is 1.83. The molecule has 18 heavy (non-hydrogen) atoms. The van der Waals surface area contributed by atoms with Gasteiger partial charge in [-0.05, 0) is 34.5 Å². The van der Waals surface area contributed by atoms with Crippen LogP contribution in [0.5, 0.6) is 0 Å². The van der Waals surface area contributed by atoms with Crippen LogP contribution in [0.2, 0.25) is 0 Å². The summed E-state index contributed by atoms with van der Waals surface area (Å²) in [6.07, 6.45) is 1.51. The zero-order valence-electron chi connectivity index (χ0n) is 9.54. The van der Waals surface area contributed by atoms with E-state index in [0.29, 0.717) is 6.42 Å².